The van der Waals surface area contributed by atoms with Crippen molar-refractivity contribution >= 4 is 28.9 Å². The first-order chi connectivity index (χ1) is 9.12. The predicted molar refractivity (Wildman–Crippen MR) is 80.0 cm³/mol. The van der Waals surface area contributed by atoms with Gasteiger partial charge in [-0.15, -0.1) is 6.58 Å². The van der Waals surface area contributed by atoms with Crippen LogP contribution in [0.1, 0.15) is 18.5 Å². The van der Waals surface area contributed by atoms with Crippen molar-refractivity contribution in [3.63, 3.8) is 0 Å². The number of carbonyl (C=O) groups excluding carboxylic acids is 1. The maximum absolute atomic E-state index is 11.8. The van der Waals surface area contributed by atoms with Crippen LogP contribution in [-0.4, -0.2) is 26.0 Å². The molecule has 0 bridgehead atoms. The summed E-state index contributed by atoms with van der Waals surface area (Å²) in [6.07, 6.45) is 1.84. The quantitative estimate of drug-likeness (QED) is 0.814. The lowest BCUT2D eigenvalue weighted by Crippen LogP contribution is -2.23. The van der Waals surface area contributed by atoms with Crippen LogP contribution in [-0.2, 0) is 4.79 Å². The van der Waals surface area contributed by atoms with Gasteiger partial charge in [-0.25, -0.2) is 0 Å². The first-order valence-corrected chi connectivity index (χ1v) is 6.67. The molecule has 2 rings (SSSR count). The number of nitrogens with zero attached hydrogens (tertiary/aromatic N) is 1. The van der Waals surface area contributed by atoms with Crippen molar-refractivity contribution in [3.8, 4) is 0 Å². The van der Waals surface area contributed by atoms with Gasteiger partial charge in [-0.05, 0) is 26.1 Å². The predicted octanol–water partition coefficient (Wildman–Crippen LogP) is 2.56. The van der Waals surface area contributed by atoms with Gasteiger partial charge in [-0.3, -0.25) is 4.79 Å². The Morgan fingerprint density at radius 3 is 2.89 bits per heavy atom. The highest BCUT2D eigenvalue weighted by atomic mass is 35.5. The van der Waals surface area contributed by atoms with Gasteiger partial charge in [0.15, 0.2) is 0 Å². The van der Waals surface area contributed by atoms with Crippen LogP contribution in [0.4, 0.5) is 11.4 Å². The third-order valence-corrected chi connectivity index (χ3v) is 3.61. The van der Waals surface area contributed by atoms with E-state index in [4.69, 9.17) is 11.6 Å². The number of nitrogens with one attached hydrogen (secondary N) is 2. The molecule has 0 saturated heterocycles. The van der Waals surface area contributed by atoms with Gasteiger partial charge in [-0.2, -0.15) is 0 Å². The second-order valence-electron chi connectivity index (χ2n) is 4.43. The molecule has 2 N–H and O–H groups in total. The maximum Gasteiger partial charge on any atom is 0.246 e. The standard InChI is InChI=1S/C14H18ClN3O/c1-4-6-18(5-2)12-8-11-9(7-10(12)15)13(16-3)14(19)17-11/h4,7-8,13,16H,1,5-6H2,2-3H3,(H,17,19). The fourth-order valence-corrected chi connectivity index (χ4v) is 2.64. The van der Waals surface area contributed by atoms with Crippen LogP contribution in [0.3, 0.4) is 0 Å². The van der Waals surface area contributed by atoms with Crippen LogP contribution in [0.5, 0.6) is 0 Å². The molecule has 1 aliphatic rings. The molecular formula is C14H18ClN3O. The van der Waals surface area contributed by atoms with Gasteiger partial charge in [-0.1, -0.05) is 17.7 Å². The number of hydrogen-bond donors (Lipinski definition) is 2. The van der Waals surface area contributed by atoms with Crippen LogP contribution in [0.15, 0.2) is 24.8 Å². The molecule has 4 nitrogen and oxygen atoms in total. The van der Waals surface area contributed by atoms with E-state index in [0.29, 0.717) is 5.02 Å². The lowest BCUT2D eigenvalue weighted by atomic mass is 10.1. The Morgan fingerprint density at radius 2 is 2.32 bits per heavy atom. The highest BCUT2D eigenvalue weighted by molar-refractivity contribution is 6.33. The minimum Gasteiger partial charge on any atom is -0.367 e. The molecule has 1 aromatic carbocycles. The third kappa shape index (κ3) is 2.46. The number of fused-ring (bicyclic) bond motifs is 1. The van der Waals surface area contributed by atoms with Crippen LogP contribution in [0.2, 0.25) is 5.02 Å². The number of anilines is 2. The van der Waals surface area contributed by atoms with E-state index in [2.05, 4.69) is 29.0 Å². The van der Waals surface area contributed by atoms with E-state index < -0.39 is 0 Å². The molecule has 0 aliphatic carbocycles. The number of hydrogen-bond acceptors (Lipinski definition) is 3. The minimum atomic E-state index is -0.323. The van der Waals surface area contributed by atoms with Crippen LogP contribution in [0.25, 0.3) is 0 Å². The summed E-state index contributed by atoms with van der Waals surface area (Å²) >= 11 is 6.34. The van der Waals surface area contributed by atoms with E-state index in [1.165, 1.54) is 0 Å². The number of halogens is 1. The number of likely N-dealkylation sites (N-methyl/N-ethyl adjacent to an activating group) is 2. The smallest absolute Gasteiger partial charge is 0.246 e. The van der Waals surface area contributed by atoms with E-state index in [1.807, 2.05) is 18.2 Å². The molecule has 0 spiro atoms. The van der Waals surface area contributed by atoms with Crippen molar-refractivity contribution in [2.24, 2.45) is 0 Å². The number of benzene rings is 1. The van der Waals surface area contributed by atoms with Gasteiger partial charge < -0.3 is 15.5 Å². The average Bonchev–Trinajstić information content (AvgIpc) is 2.70. The number of rotatable bonds is 5. The molecule has 1 aliphatic heterocycles. The highest BCUT2D eigenvalue weighted by Crippen LogP contribution is 2.38. The molecule has 0 aromatic heterocycles. The minimum absolute atomic E-state index is 0.0440. The van der Waals surface area contributed by atoms with Gasteiger partial charge >= 0.3 is 0 Å². The normalized spacial score (nSPS) is 17.0. The first-order valence-electron chi connectivity index (χ1n) is 6.29. The Balaban J connectivity index is 2.43. The van der Waals surface area contributed by atoms with E-state index in [-0.39, 0.29) is 11.9 Å². The van der Waals surface area contributed by atoms with Crippen LogP contribution in [0, 0.1) is 0 Å². The summed E-state index contributed by atoms with van der Waals surface area (Å²) in [5, 5.41) is 6.51. The Labute approximate surface area is 118 Å². The summed E-state index contributed by atoms with van der Waals surface area (Å²) in [6.45, 7) is 7.35. The highest BCUT2D eigenvalue weighted by Gasteiger charge is 2.30. The molecule has 102 valence electrons. The van der Waals surface area contributed by atoms with E-state index in [9.17, 15) is 4.79 Å². The molecule has 5 heteroatoms. The summed E-state index contributed by atoms with van der Waals surface area (Å²) < 4.78 is 0. The molecule has 1 amide bonds. The fraction of sp³-hybridized carbons (Fsp3) is 0.357. The van der Waals surface area contributed by atoms with Gasteiger partial charge in [0.1, 0.15) is 6.04 Å². The van der Waals surface area contributed by atoms with Gasteiger partial charge in [0, 0.05) is 24.3 Å². The first kappa shape index (κ1) is 13.9. The Morgan fingerprint density at radius 1 is 1.58 bits per heavy atom. The number of carbonyl (C=O) groups is 1. The molecule has 1 aromatic rings. The summed E-state index contributed by atoms with van der Waals surface area (Å²) in [7, 11) is 1.76. The molecule has 19 heavy (non-hydrogen) atoms. The van der Waals surface area contributed by atoms with E-state index in [1.54, 1.807) is 7.05 Å². The Bertz CT molecular complexity index is 516. The monoisotopic (exact) mass is 279 g/mol. The molecule has 1 atom stereocenters. The summed E-state index contributed by atoms with van der Waals surface area (Å²) in [4.78, 5) is 13.9. The van der Waals surface area contributed by atoms with Crippen molar-refractivity contribution in [2.75, 3.05) is 30.4 Å². The van der Waals surface area contributed by atoms with Gasteiger partial charge in [0.05, 0.1) is 10.7 Å². The lowest BCUT2D eigenvalue weighted by Gasteiger charge is -2.23. The Hall–Kier alpha value is -1.52. The van der Waals surface area contributed by atoms with Gasteiger partial charge in [0.2, 0.25) is 5.91 Å². The van der Waals surface area contributed by atoms with Crippen LogP contribution >= 0.6 is 11.6 Å². The van der Waals surface area contributed by atoms with Crippen molar-refractivity contribution in [3.05, 3.63) is 35.4 Å². The Kier molecular flexibility index (Phi) is 4.12. The van der Waals surface area contributed by atoms with Crippen molar-refractivity contribution in [1.29, 1.82) is 0 Å². The largest absolute Gasteiger partial charge is 0.367 e. The van der Waals surface area contributed by atoms with Crippen molar-refractivity contribution in [2.45, 2.75) is 13.0 Å². The zero-order valence-corrected chi connectivity index (χ0v) is 11.9. The second-order valence-corrected chi connectivity index (χ2v) is 4.84. The van der Waals surface area contributed by atoms with E-state index >= 15 is 0 Å². The topological polar surface area (TPSA) is 44.4 Å². The lowest BCUT2D eigenvalue weighted by molar-refractivity contribution is -0.117. The summed E-state index contributed by atoms with van der Waals surface area (Å²) in [6, 6.07) is 3.47. The van der Waals surface area contributed by atoms with Crippen molar-refractivity contribution < 1.29 is 4.79 Å². The second kappa shape index (κ2) is 5.63. The molecule has 1 unspecified atom stereocenters. The summed E-state index contributed by atoms with van der Waals surface area (Å²) in [5.74, 6) is -0.0440. The van der Waals surface area contributed by atoms with Gasteiger partial charge in [0.25, 0.3) is 0 Å². The average molecular weight is 280 g/mol. The maximum atomic E-state index is 11.8. The molecule has 0 fully saturated rings. The van der Waals surface area contributed by atoms with E-state index in [0.717, 1.165) is 30.0 Å². The molecule has 0 saturated carbocycles. The molecule has 0 radical (unpaired) electrons. The summed E-state index contributed by atoms with van der Waals surface area (Å²) in [5.41, 5.74) is 2.64. The van der Waals surface area contributed by atoms with Crippen LogP contribution < -0.4 is 15.5 Å². The third-order valence-electron chi connectivity index (χ3n) is 3.31. The van der Waals surface area contributed by atoms with Crippen molar-refractivity contribution in [1.82, 2.24) is 5.32 Å². The fourth-order valence-electron chi connectivity index (χ4n) is 2.35. The zero-order chi connectivity index (χ0) is 14.0. The molecular weight excluding hydrogens is 262 g/mol. The number of amides is 1. The SMILES string of the molecule is C=CCN(CC)c1cc2c(cc1Cl)C(NC)C(=O)N2. The molecule has 1 heterocycles. The zero-order valence-electron chi connectivity index (χ0n) is 11.2.